The van der Waals surface area contributed by atoms with Crippen molar-refractivity contribution in [2.75, 3.05) is 20.8 Å². The van der Waals surface area contributed by atoms with Gasteiger partial charge >= 0.3 is 17.9 Å². The van der Waals surface area contributed by atoms with Gasteiger partial charge in [0.1, 0.15) is 5.60 Å². The molecule has 0 spiro atoms. The van der Waals surface area contributed by atoms with Crippen LogP contribution in [0.1, 0.15) is 33.1 Å². The minimum atomic E-state index is -1.60. The summed E-state index contributed by atoms with van der Waals surface area (Å²) in [6.45, 7) is 3.47. The van der Waals surface area contributed by atoms with Crippen LogP contribution in [0.4, 0.5) is 0 Å². The van der Waals surface area contributed by atoms with E-state index in [9.17, 15) is 14.4 Å². The molecule has 0 N–H and O–H groups in total. The van der Waals surface area contributed by atoms with Gasteiger partial charge in [0.05, 0.1) is 32.0 Å². The van der Waals surface area contributed by atoms with Crippen LogP contribution < -0.4 is 0 Å². The minimum Gasteiger partial charge on any atom is -0.466 e. The van der Waals surface area contributed by atoms with Gasteiger partial charge in [-0.15, -0.1) is 0 Å². The van der Waals surface area contributed by atoms with Crippen LogP contribution in [-0.2, 0) is 33.3 Å². The van der Waals surface area contributed by atoms with Crippen molar-refractivity contribution in [3.05, 3.63) is 11.1 Å². The van der Waals surface area contributed by atoms with Crippen LogP contribution in [0.25, 0.3) is 0 Å². The molecule has 2 aliphatic heterocycles. The number of carbonyl (C=O) groups excluding carboxylic acids is 3. The van der Waals surface area contributed by atoms with Crippen LogP contribution in [0.2, 0.25) is 0 Å². The van der Waals surface area contributed by atoms with E-state index in [1.54, 1.807) is 13.8 Å². The Labute approximate surface area is 128 Å². The number of carbonyl (C=O) groups is 3. The molecule has 0 amide bonds. The first-order valence-electron chi connectivity index (χ1n) is 7.15. The van der Waals surface area contributed by atoms with E-state index in [0.29, 0.717) is 12.8 Å². The van der Waals surface area contributed by atoms with Gasteiger partial charge in [0.25, 0.3) is 0 Å². The van der Waals surface area contributed by atoms with Crippen LogP contribution >= 0.6 is 0 Å². The van der Waals surface area contributed by atoms with Gasteiger partial charge in [-0.3, -0.25) is 0 Å². The van der Waals surface area contributed by atoms with Crippen molar-refractivity contribution < 1.29 is 33.3 Å². The maximum atomic E-state index is 12.5. The molecule has 0 radical (unpaired) electrons. The van der Waals surface area contributed by atoms with Crippen molar-refractivity contribution in [2.24, 2.45) is 0 Å². The number of methoxy groups -OCH3 is 2. The van der Waals surface area contributed by atoms with Crippen molar-refractivity contribution >= 4 is 17.9 Å². The Morgan fingerprint density at radius 1 is 1.09 bits per heavy atom. The molecule has 0 aromatic rings. The molecule has 1 saturated heterocycles. The average Bonchev–Trinajstić information content (AvgIpc) is 2.69. The summed E-state index contributed by atoms with van der Waals surface area (Å²) in [5.41, 5.74) is -2.71. The van der Waals surface area contributed by atoms with Gasteiger partial charge in [-0.05, 0) is 33.1 Å². The maximum absolute atomic E-state index is 12.5. The third kappa shape index (κ3) is 2.20. The summed E-state index contributed by atoms with van der Waals surface area (Å²) in [5.74, 6) is -2.16. The number of rotatable bonds is 4. The number of hydrogen-bond donors (Lipinski definition) is 0. The van der Waals surface area contributed by atoms with E-state index in [1.165, 1.54) is 14.2 Å². The van der Waals surface area contributed by atoms with E-state index in [4.69, 9.17) is 18.9 Å². The molecule has 7 heteroatoms. The zero-order valence-electron chi connectivity index (χ0n) is 13.2. The van der Waals surface area contributed by atoms with Crippen LogP contribution in [0, 0.1) is 0 Å². The minimum absolute atomic E-state index is 0.0485. The molecule has 122 valence electrons. The summed E-state index contributed by atoms with van der Waals surface area (Å²) in [4.78, 5) is 36.9. The van der Waals surface area contributed by atoms with E-state index in [1.807, 2.05) is 0 Å². The molecule has 2 rings (SSSR count). The van der Waals surface area contributed by atoms with Gasteiger partial charge < -0.3 is 18.9 Å². The average molecular weight is 312 g/mol. The number of fused-ring (bicyclic) bond motifs is 2. The van der Waals surface area contributed by atoms with Crippen molar-refractivity contribution in [3.8, 4) is 0 Å². The van der Waals surface area contributed by atoms with Gasteiger partial charge in [-0.1, -0.05) is 0 Å². The summed E-state index contributed by atoms with van der Waals surface area (Å²) < 4.78 is 20.5. The highest BCUT2D eigenvalue weighted by Gasteiger charge is 2.64. The highest BCUT2D eigenvalue weighted by Crippen LogP contribution is 2.52. The zero-order valence-corrected chi connectivity index (χ0v) is 13.2. The molecule has 2 atom stereocenters. The number of esters is 3. The highest BCUT2D eigenvalue weighted by molar-refractivity contribution is 6.09. The van der Waals surface area contributed by atoms with Gasteiger partial charge in [0.15, 0.2) is 5.60 Å². The second-order valence-corrected chi connectivity index (χ2v) is 5.47. The molecule has 2 bridgehead atoms. The standard InChI is InChI=1S/C15H20O7/c1-5-21-13(18)15-8-6-7-14(2,22-15)9(11(16)19-3)10(15)12(17)20-4/h5-8H2,1-4H3/t14-,15+/m1/s1. The molecule has 7 nitrogen and oxygen atoms in total. The van der Waals surface area contributed by atoms with E-state index in [2.05, 4.69) is 0 Å². The fraction of sp³-hybridized carbons (Fsp3) is 0.667. The van der Waals surface area contributed by atoms with Crippen LogP contribution in [-0.4, -0.2) is 49.9 Å². The summed E-state index contributed by atoms with van der Waals surface area (Å²) in [6.07, 6.45) is 1.36. The molecule has 0 aromatic heterocycles. The van der Waals surface area contributed by atoms with Crippen molar-refractivity contribution in [1.29, 1.82) is 0 Å². The number of ether oxygens (including phenoxy) is 4. The topological polar surface area (TPSA) is 88.1 Å². The molecule has 0 unspecified atom stereocenters. The molecule has 1 fully saturated rings. The first-order valence-corrected chi connectivity index (χ1v) is 7.15. The van der Waals surface area contributed by atoms with E-state index in [0.717, 1.165) is 0 Å². The Bertz CT molecular complexity index is 550. The fourth-order valence-electron chi connectivity index (χ4n) is 3.26. The Morgan fingerprint density at radius 2 is 1.68 bits per heavy atom. The van der Waals surface area contributed by atoms with E-state index >= 15 is 0 Å². The molecular weight excluding hydrogens is 292 g/mol. The molecule has 22 heavy (non-hydrogen) atoms. The third-order valence-electron chi connectivity index (χ3n) is 4.15. The zero-order chi connectivity index (χ0) is 16.5. The van der Waals surface area contributed by atoms with Gasteiger partial charge in [-0.25, -0.2) is 14.4 Å². The van der Waals surface area contributed by atoms with Crippen LogP contribution in [0.3, 0.4) is 0 Å². The summed E-state index contributed by atoms with van der Waals surface area (Å²) in [6, 6.07) is 0. The first kappa shape index (κ1) is 16.5. The molecule has 0 aromatic carbocycles. The summed E-state index contributed by atoms with van der Waals surface area (Å²) in [5, 5.41) is 0. The predicted octanol–water partition coefficient (Wildman–Crippen LogP) is 0.904. The monoisotopic (exact) mass is 312 g/mol. The Hall–Kier alpha value is -1.89. The lowest BCUT2D eigenvalue weighted by Crippen LogP contribution is -2.49. The molecular formula is C15H20O7. The van der Waals surface area contributed by atoms with Crippen LogP contribution in [0.15, 0.2) is 11.1 Å². The lowest BCUT2D eigenvalue weighted by atomic mass is 9.88. The van der Waals surface area contributed by atoms with Gasteiger partial charge in [0.2, 0.25) is 0 Å². The SMILES string of the molecule is CCOC(=O)[C@@]12CCC[C@@](C)(O1)C(C(=O)OC)=C2C(=O)OC. The number of hydrogen-bond acceptors (Lipinski definition) is 7. The van der Waals surface area contributed by atoms with Crippen molar-refractivity contribution in [3.63, 3.8) is 0 Å². The maximum Gasteiger partial charge on any atom is 0.343 e. The Morgan fingerprint density at radius 3 is 2.23 bits per heavy atom. The first-order chi connectivity index (χ1) is 10.4. The second-order valence-electron chi connectivity index (χ2n) is 5.47. The summed E-state index contributed by atoms with van der Waals surface area (Å²) >= 11 is 0. The molecule has 0 aliphatic carbocycles. The van der Waals surface area contributed by atoms with Gasteiger partial charge in [0, 0.05) is 0 Å². The van der Waals surface area contributed by atoms with Crippen molar-refractivity contribution in [2.45, 2.75) is 44.3 Å². The normalized spacial score (nSPS) is 30.0. The lowest BCUT2D eigenvalue weighted by molar-refractivity contribution is -0.187. The highest BCUT2D eigenvalue weighted by atomic mass is 16.6. The van der Waals surface area contributed by atoms with E-state index in [-0.39, 0.29) is 24.2 Å². The quantitative estimate of drug-likeness (QED) is 0.563. The Balaban J connectivity index is 2.67. The molecule has 2 heterocycles. The lowest BCUT2D eigenvalue weighted by Gasteiger charge is -2.38. The molecule has 2 aliphatic rings. The largest absolute Gasteiger partial charge is 0.466 e. The Kier molecular flexibility index (Phi) is 4.28. The molecule has 0 saturated carbocycles. The third-order valence-corrected chi connectivity index (χ3v) is 4.15. The summed E-state index contributed by atoms with van der Waals surface area (Å²) in [7, 11) is 2.40. The van der Waals surface area contributed by atoms with Crippen molar-refractivity contribution in [1.82, 2.24) is 0 Å². The smallest absolute Gasteiger partial charge is 0.343 e. The second kappa shape index (κ2) is 5.72. The predicted molar refractivity (Wildman–Crippen MR) is 73.8 cm³/mol. The van der Waals surface area contributed by atoms with Crippen LogP contribution in [0.5, 0.6) is 0 Å². The van der Waals surface area contributed by atoms with E-state index < -0.39 is 29.1 Å². The van der Waals surface area contributed by atoms with Gasteiger partial charge in [-0.2, -0.15) is 0 Å². The fourth-order valence-corrected chi connectivity index (χ4v) is 3.26.